The van der Waals surface area contributed by atoms with Crippen LogP contribution in [0, 0.1) is 5.92 Å². The minimum atomic E-state index is -4.30. The van der Waals surface area contributed by atoms with Crippen LogP contribution in [0.25, 0.3) is 0 Å². The quantitative estimate of drug-likeness (QED) is 0.554. The number of rotatable bonds is 5. The molecule has 0 saturated carbocycles. The van der Waals surface area contributed by atoms with Crippen LogP contribution in [0.3, 0.4) is 0 Å². The molecule has 1 heterocycles. The molecule has 33 heavy (non-hydrogen) atoms. The standard InChI is InChI=1S/C27H32F3N3/c1-19-7-12-25(21-5-4-6-23(18-21)31-3)26(17-19)20(2)32-13-15-33(16-14-32)24-10-8-22(9-11-24)27(28,29)30/h4-6,8-11,17-19,25,31H,2,7,12-16H2,1,3H3. The molecule has 1 fully saturated rings. The summed E-state index contributed by atoms with van der Waals surface area (Å²) >= 11 is 0. The summed E-state index contributed by atoms with van der Waals surface area (Å²) in [4.78, 5) is 4.48. The third-order valence-corrected chi connectivity index (χ3v) is 6.88. The van der Waals surface area contributed by atoms with Gasteiger partial charge in [-0.05, 0) is 66.3 Å². The van der Waals surface area contributed by atoms with E-state index in [-0.39, 0.29) is 0 Å². The summed E-state index contributed by atoms with van der Waals surface area (Å²) in [6.07, 6.45) is 0.339. The highest BCUT2D eigenvalue weighted by atomic mass is 19.4. The van der Waals surface area contributed by atoms with Crippen LogP contribution in [0.15, 0.2) is 72.5 Å². The summed E-state index contributed by atoms with van der Waals surface area (Å²) in [6, 6.07) is 14.1. The summed E-state index contributed by atoms with van der Waals surface area (Å²) in [5, 5.41) is 3.23. The lowest BCUT2D eigenvalue weighted by atomic mass is 9.77. The third-order valence-electron chi connectivity index (χ3n) is 6.88. The molecule has 0 aromatic heterocycles. The van der Waals surface area contributed by atoms with Crippen molar-refractivity contribution in [2.24, 2.45) is 5.92 Å². The number of allylic oxidation sites excluding steroid dienone is 2. The van der Waals surface area contributed by atoms with E-state index in [0.717, 1.165) is 56.1 Å². The van der Waals surface area contributed by atoms with Crippen LogP contribution < -0.4 is 10.2 Å². The predicted molar refractivity (Wildman–Crippen MR) is 130 cm³/mol. The fraction of sp³-hybridized carbons (Fsp3) is 0.407. The van der Waals surface area contributed by atoms with Crippen LogP contribution in [0.4, 0.5) is 24.5 Å². The Balaban J connectivity index is 1.45. The van der Waals surface area contributed by atoms with Gasteiger partial charge in [0.05, 0.1) is 5.56 Å². The smallest absolute Gasteiger partial charge is 0.388 e. The van der Waals surface area contributed by atoms with Crippen molar-refractivity contribution in [3.63, 3.8) is 0 Å². The molecule has 0 radical (unpaired) electrons. The molecule has 2 aromatic rings. The molecule has 1 N–H and O–H groups in total. The van der Waals surface area contributed by atoms with Gasteiger partial charge in [-0.2, -0.15) is 13.2 Å². The molecule has 1 aliphatic carbocycles. The number of halogens is 3. The minimum absolute atomic E-state index is 0.329. The Labute approximate surface area is 194 Å². The number of anilines is 2. The Hall–Kier alpha value is -2.89. The van der Waals surface area contributed by atoms with Crippen LogP contribution in [-0.2, 0) is 6.18 Å². The lowest BCUT2D eigenvalue weighted by molar-refractivity contribution is -0.137. The topological polar surface area (TPSA) is 18.5 Å². The largest absolute Gasteiger partial charge is 0.416 e. The van der Waals surface area contributed by atoms with Crippen LogP contribution in [0.1, 0.15) is 36.8 Å². The normalized spacial score (nSPS) is 21.5. The number of hydrogen-bond acceptors (Lipinski definition) is 3. The number of hydrogen-bond donors (Lipinski definition) is 1. The lowest BCUT2D eigenvalue weighted by Crippen LogP contribution is -2.46. The summed E-state index contributed by atoms with van der Waals surface area (Å²) in [5.74, 6) is 0.851. The molecule has 1 aliphatic heterocycles. The van der Waals surface area contributed by atoms with Gasteiger partial charge < -0.3 is 15.1 Å². The maximum Gasteiger partial charge on any atom is 0.416 e. The molecule has 3 nitrogen and oxygen atoms in total. The van der Waals surface area contributed by atoms with Crippen molar-refractivity contribution in [2.45, 2.75) is 31.9 Å². The van der Waals surface area contributed by atoms with Crippen molar-refractivity contribution in [3.05, 3.63) is 83.6 Å². The Kier molecular flexibility index (Phi) is 6.73. The average molecular weight is 456 g/mol. The van der Waals surface area contributed by atoms with Crippen molar-refractivity contribution in [1.29, 1.82) is 0 Å². The molecular formula is C27H32F3N3. The summed E-state index contributed by atoms with van der Waals surface area (Å²) < 4.78 is 38.6. The van der Waals surface area contributed by atoms with Crippen molar-refractivity contribution >= 4 is 11.4 Å². The first-order valence-corrected chi connectivity index (χ1v) is 11.6. The number of alkyl halides is 3. The number of piperazine rings is 1. The average Bonchev–Trinajstić information content (AvgIpc) is 2.83. The van der Waals surface area contributed by atoms with Gasteiger partial charge in [0.15, 0.2) is 0 Å². The first-order chi connectivity index (χ1) is 15.8. The molecule has 1 saturated heterocycles. The second kappa shape index (κ2) is 9.54. The van der Waals surface area contributed by atoms with Gasteiger partial charge in [0, 0.05) is 56.2 Å². The molecular weight excluding hydrogens is 423 g/mol. The highest BCUT2D eigenvalue weighted by Crippen LogP contribution is 2.41. The first kappa shape index (κ1) is 23.3. The van der Waals surface area contributed by atoms with Gasteiger partial charge in [-0.3, -0.25) is 0 Å². The molecule has 6 heteroatoms. The maximum atomic E-state index is 12.9. The maximum absolute atomic E-state index is 12.9. The van der Waals surface area contributed by atoms with Crippen LogP contribution >= 0.6 is 0 Å². The van der Waals surface area contributed by atoms with E-state index in [2.05, 4.69) is 59.0 Å². The number of nitrogens with one attached hydrogen (secondary N) is 1. The SMILES string of the molecule is C=C(C1=CC(C)CCC1c1cccc(NC)c1)N1CCN(c2ccc(C(F)(F)F)cc2)CC1. The van der Waals surface area contributed by atoms with Crippen LogP contribution in [0.5, 0.6) is 0 Å². The Bertz CT molecular complexity index is 1000. The summed E-state index contributed by atoms with van der Waals surface area (Å²) in [7, 11) is 1.94. The fourth-order valence-corrected chi connectivity index (χ4v) is 4.92. The minimum Gasteiger partial charge on any atom is -0.388 e. The third kappa shape index (κ3) is 5.21. The van der Waals surface area contributed by atoms with Crippen molar-refractivity contribution < 1.29 is 13.2 Å². The monoisotopic (exact) mass is 455 g/mol. The highest BCUT2D eigenvalue weighted by Gasteiger charge is 2.31. The van der Waals surface area contributed by atoms with Crippen molar-refractivity contribution in [3.8, 4) is 0 Å². The fourth-order valence-electron chi connectivity index (χ4n) is 4.92. The van der Waals surface area contributed by atoms with Gasteiger partial charge in [-0.25, -0.2) is 0 Å². The highest BCUT2D eigenvalue weighted by molar-refractivity contribution is 5.51. The Morgan fingerprint density at radius 2 is 1.70 bits per heavy atom. The van der Waals surface area contributed by atoms with E-state index in [1.165, 1.54) is 23.3 Å². The second-order valence-electron chi connectivity index (χ2n) is 9.07. The zero-order valence-corrected chi connectivity index (χ0v) is 19.3. The molecule has 2 aromatic carbocycles. The molecule has 0 spiro atoms. The van der Waals surface area contributed by atoms with Gasteiger partial charge in [-0.1, -0.05) is 31.7 Å². The second-order valence-corrected chi connectivity index (χ2v) is 9.07. The molecule has 0 amide bonds. The molecule has 0 bridgehead atoms. The van der Waals surface area contributed by atoms with Gasteiger partial charge in [0.2, 0.25) is 0 Å². The molecule has 4 rings (SSSR count). The van der Waals surface area contributed by atoms with E-state index < -0.39 is 11.7 Å². The number of benzene rings is 2. The summed E-state index contributed by atoms with van der Waals surface area (Å²) in [6.45, 7) is 9.86. The Morgan fingerprint density at radius 1 is 1.00 bits per heavy atom. The van der Waals surface area contributed by atoms with Crippen molar-refractivity contribution in [1.82, 2.24) is 4.90 Å². The van der Waals surface area contributed by atoms with E-state index in [9.17, 15) is 13.2 Å². The van der Waals surface area contributed by atoms with E-state index in [0.29, 0.717) is 11.8 Å². The zero-order valence-electron chi connectivity index (χ0n) is 19.3. The lowest BCUT2D eigenvalue weighted by Gasteiger charge is -2.41. The van der Waals surface area contributed by atoms with Crippen LogP contribution in [-0.4, -0.2) is 38.1 Å². The Morgan fingerprint density at radius 3 is 2.33 bits per heavy atom. The van der Waals surface area contributed by atoms with Gasteiger partial charge in [-0.15, -0.1) is 0 Å². The van der Waals surface area contributed by atoms with Gasteiger partial charge in [0.25, 0.3) is 0 Å². The van der Waals surface area contributed by atoms with E-state index in [4.69, 9.17) is 0 Å². The number of nitrogens with zero attached hydrogens (tertiary/aromatic N) is 2. The predicted octanol–water partition coefficient (Wildman–Crippen LogP) is 6.52. The molecule has 2 aliphatic rings. The van der Waals surface area contributed by atoms with E-state index in [1.807, 2.05) is 7.05 Å². The van der Waals surface area contributed by atoms with E-state index >= 15 is 0 Å². The molecule has 2 unspecified atom stereocenters. The zero-order chi connectivity index (χ0) is 23.6. The first-order valence-electron chi connectivity index (χ1n) is 11.6. The van der Waals surface area contributed by atoms with E-state index in [1.54, 1.807) is 12.1 Å². The van der Waals surface area contributed by atoms with Gasteiger partial charge >= 0.3 is 6.18 Å². The summed E-state index contributed by atoms with van der Waals surface area (Å²) in [5.41, 5.74) is 5.04. The molecule has 2 atom stereocenters. The molecule has 176 valence electrons. The van der Waals surface area contributed by atoms with Crippen LogP contribution in [0.2, 0.25) is 0 Å². The van der Waals surface area contributed by atoms with Gasteiger partial charge in [0.1, 0.15) is 0 Å². The van der Waals surface area contributed by atoms with Crippen molar-refractivity contribution in [2.75, 3.05) is 43.4 Å².